The highest BCUT2D eigenvalue weighted by Gasteiger charge is 2.24. The first-order valence-electron chi connectivity index (χ1n) is 12.4. The van der Waals surface area contributed by atoms with Crippen LogP contribution in [0.15, 0.2) is 83.7 Å². The van der Waals surface area contributed by atoms with E-state index in [-0.39, 0.29) is 23.2 Å². The minimum atomic E-state index is -0.300. The SMILES string of the molecule is COc1ccc([C@@H](CNC(=O)c2nn(-c3ccccc3)c(=O)c3ccccc23)N2CCCCC2)cc1. The number of nitrogens with one attached hydrogen (secondary N) is 1. The second-order valence-electron chi connectivity index (χ2n) is 9.04. The van der Waals surface area contributed by atoms with Gasteiger partial charge >= 0.3 is 0 Å². The second kappa shape index (κ2) is 10.7. The maximum atomic E-state index is 13.5. The maximum Gasteiger partial charge on any atom is 0.279 e. The highest BCUT2D eigenvalue weighted by atomic mass is 16.5. The first-order valence-corrected chi connectivity index (χ1v) is 12.4. The largest absolute Gasteiger partial charge is 0.497 e. The van der Waals surface area contributed by atoms with Gasteiger partial charge in [0.15, 0.2) is 5.69 Å². The Morgan fingerprint density at radius 1 is 0.917 bits per heavy atom. The lowest BCUT2D eigenvalue weighted by Gasteiger charge is -2.35. The van der Waals surface area contributed by atoms with Crippen LogP contribution in [-0.2, 0) is 0 Å². The normalized spacial score (nSPS) is 14.9. The first kappa shape index (κ1) is 23.8. The van der Waals surface area contributed by atoms with Crippen LogP contribution >= 0.6 is 0 Å². The van der Waals surface area contributed by atoms with Crippen molar-refractivity contribution in [3.8, 4) is 11.4 Å². The molecule has 2 heterocycles. The van der Waals surface area contributed by atoms with Gasteiger partial charge in [-0.3, -0.25) is 14.5 Å². The molecular weight excluding hydrogens is 452 g/mol. The summed E-state index contributed by atoms with van der Waals surface area (Å²) in [5.74, 6) is 0.505. The molecule has 5 rings (SSSR count). The Morgan fingerprint density at radius 2 is 1.58 bits per heavy atom. The quantitative estimate of drug-likeness (QED) is 0.424. The molecule has 1 aliphatic heterocycles. The lowest BCUT2D eigenvalue weighted by atomic mass is 10.0. The summed E-state index contributed by atoms with van der Waals surface area (Å²) >= 11 is 0. The number of para-hydroxylation sites is 1. The third-order valence-electron chi connectivity index (χ3n) is 6.81. The fourth-order valence-corrected chi connectivity index (χ4v) is 4.89. The van der Waals surface area contributed by atoms with Crippen molar-refractivity contribution in [1.29, 1.82) is 0 Å². The molecule has 7 nitrogen and oxygen atoms in total. The number of benzene rings is 3. The number of amides is 1. The van der Waals surface area contributed by atoms with Crippen molar-refractivity contribution in [3.05, 3.63) is 100 Å². The molecule has 36 heavy (non-hydrogen) atoms. The zero-order valence-electron chi connectivity index (χ0n) is 20.4. The molecule has 0 unspecified atom stereocenters. The van der Waals surface area contributed by atoms with Crippen molar-refractivity contribution in [3.63, 3.8) is 0 Å². The van der Waals surface area contributed by atoms with Gasteiger partial charge in [-0.15, -0.1) is 0 Å². The fraction of sp³-hybridized carbons (Fsp3) is 0.276. The van der Waals surface area contributed by atoms with E-state index < -0.39 is 0 Å². The molecule has 0 radical (unpaired) electrons. The molecule has 1 aliphatic rings. The van der Waals surface area contributed by atoms with Gasteiger partial charge in [0, 0.05) is 11.9 Å². The van der Waals surface area contributed by atoms with Crippen LogP contribution in [-0.4, -0.2) is 47.3 Å². The van der Waals surface area contributed by atoms with Gasteiger partial charge in [-0.05, 0) is 61.8 Å². The van der Waals surface area contributed by atoms with Gasteiger partial charge in [0.25, 0.3) is 11.5 Å². The number of piperidine rings is 1. The van der Waals surface area contributed by atoms with Crippen LogP contribution in [0.25, 0.3) is 16.5 Å². The zero-order chi connectivity index (χ0) is 24.9. The molecule has 0 aliphatic carbocycles. The van der Waals surface area contributed by atoms with E-state index in [1.165, 1.54) is 11.1 Å². The van der Waals surface area contributed by atoms with E-state index in [4.69, 9.17) is 4.74 Å². The Bertz CT molecular complexity index is 1390. The van der Waals surface area contributed by atoms with E-state index in [9.17, 15) is 9.59 Å². The van der Waals surface area contributed by atoms with Crippen molar-refractivity contribution in [1.82, 2.24) is 20.0 Å². The molecule has 3 aromatic carbocycles. The molecule has 0 spiro atoms. The topological polar surface area (TPSA) is 76.5 Å². The monoisotopic (exact) mass is 482 g/mol. The third-order valence-corrected chi connectivity index (χ3v) is 6.81. The highest BCUT2D eigenvalue weighted by Crippen LogP contribution is 2.26. The minimum Gasteiger partial charge on any atom is -0.497 e. The average molecular weight is 483 g/mol. The summed E-state index contributed by atoms with van der Waals surface area (Å²) in [7, 11) is 1.66. The zero-order valence-corrected chi connectivity index (χ0v) is 20.4. The number of nitrogens with zero attached hydrogens (tertiary/aromatic N) is 3. The van der Waals surface area contributed by atoms with Crippen LogP contribution in [0.5, 0.6) is 5.75 Å². The van der Waals surface area contributed by atoms with Crippen LogP contribution in [0.2, 0.25) is 0 Å². The van der Waals surface area contributed by atoms with Crippen LogP contribution in [0.3, 0.4) is 0 Å². The van der Waals surface area contributed by atoms with E-state index in [2.05, 4.69) is 27.4 Å². The van der Waals surface area contributed by atoms with E-state index in [1.807, 2.05) is 36.4 Å². The van der Waals surface area contributed by atoms with Gasteiger partial charge < -0.3 is 10.1 Å². The number of ether oxygens (including phenoxy) is 1. The Hall–Kier alpha value is -3.97. The lowest BCUT2D eigenvalue weighted by Crippen LogP contribution is -2.41. The van der Waals surface area contributed by atoms with Gasteiger partial charge in [0.2, 0.25) is 0 Å². The van der Waals surface area contributed by atoms with E-state index in [0.29, 0.717) is 23.0 Å². The average Bonchev–Trinajstić information content (AvgIpc) is 2.95. The molecule has 0 bridgehead atoms. The summed E-state index contributed by atoms with van der Waals surface area (Å²) in [6.07, 6.45) is 3.53. The summed E-state index contributed by atoms with van der Waals surface area (Å²) in [5, 5.41) is 8.65. The number of hydrogen-bond acceptors (Lipinski definition) is 5. The third kappa shape index (κ3) is 4.88. The van der Waals surface area contributed by atoms with Gasteiger partial charge in [0.1, 0.15) is 5.75 Å². The highest BCUT2D eigenvalue weighted by molar-refractivity contribution is 6.04. The lowest BCUT2D eigenvalue weighted by molar-refractivity contribution is 0.0919. The van der Waals surface area contributed by atoms with Gasteiger partial charge in [-0.1, -0.05) is 55.0 Å². The molecule has 7 heteroatoms. The smallest absolute Gasteiger partial charge is 0.279 e. The Morgan fingerprint density at radius 3 is 2.28 bits per heavy atom. The number of rotatable bonds is 7. The summed E-state index contributed by atoms with van der Waals surface area (Å²) < 4.78 is 6.64. The number of fused-ring (bicyclic) bond motifs is 1. The number of aromatic nitrogens is 2. The second-order valence-corrected chi connectivity index (χ2v) is 9.04. The Kier molecular flexibility index (Phi) is 7.09. The molecule has 1 fully saturated rings. The summed E-state index contributed by atoms with van der Waals surface area (Å²) in [6, 6.07) is 24.4. The molecule has 1 saturated heterocycles. The van der Waals surface area contributed by atoms with Gasteiger partial charge in [0.05, 0.1) is 24.2 Å². The van der Waals surface area contributed by atoms with Gasteiger partial charge in [-0.2, -0.15) is 9.78 Å². The predicted octanol–water partition coefficient (Wildman–Crippen LogP) is 4.35. The minimum absolute atomic E-state index is 0.0337. The number of methoxy groups -OCH3 is 1. The van der Waals surface area contributed by atoms with Crippen molar-refractivity contribution >= 4 is 16.7 Å². The fourth-order valence-electron chi connectivity index (χ4n) is 4.89. The van der Waals surface area contributed by atoms with Crippen molar-refractivity contribution in [2.45, 2.75) is 25.3 Å². The van der Waals surface area contributed by atoms with Crippen LogP contribution in [0, 0.1) is 0 Å². The van der Waals surface area contributed by atoms with Crippen molar-refractivity contribution < 1.29 is 9.53 Å². The predicted molar refractivity (Wildman–Crippen MR) is 141 cm³/mol. The Balaban J connectivity index is 1.47. The molecule has 1 N–H and O–H groups in total. The maximum absolute atomic E-state index is 13.5. The number of hydrogen-bond donors (Lipinski definition) is 1. The van der Waals surface area contributed by atoms with Crippen LogP contribution in [0.4, 0.5) is 0 Å². The van der Waals surface area contributed by atoms with Crippen molar-refractivity contribution in [2.24, 2.45) is 0 Å². The summed E-state index contributed by atoms with van der Waals surface area (Å²) in [4.78, 5) is 29.1. The molecule has 1 amide bonds. The van der Waals surface area contributed by atoms with E-state index >= 15 is 0 Å². The summed E-state index contributed by atoms with van der Waals surface area (Å²) in [6.45, 7) is 2.42. The number of likely N-dealkylation sites (tertiary alicyclic amines) is 1. The van der Waals surface area contributed by atoms with Gasteiger partial charge in [-0.25, -0.2) is 0 Å². The van der Waals surface area contributed by atoms with E-state index in [0.717, 1.165) is 37.2 Å². The first-order chi connectivity index (χ1) is 17.7. The molecule has 4 aromatic rings. The van der Waals surface area contributed by atoms with Crippen LogP contribution in [0.1, 0.15) is 41.4 Å². The van der Waals surface area contributed by atoms with E-state index in [1.54, 1.807) is 37.4 Å². The summed E-state index contributed by atoms with van der Waals surface area (Å²) in [5.41, 5.74) is 1.73. The standard InChI is InChI=1S/C29H30N4O3/c1-36-23-16-14-21(15-17-23)26(32-18-8-3-9-19-32)20-30-28(34)27-24-12-6-7-13-25(24)29(35)33(31-27)22-10-4-2-5-11-22/h2,4-7,10-17,26H,3,8-9,18-20H2,1H3,(H,30,34)/t26-/m1/s1. The molecule has 1 aromatic heterocycles. The number of carbonyl (C=O) groups excluding carboxylic acids is 1. The number of carbonyl (C=O) groups is 1. The molecule has 1 atom stereocenters. The Labute approximate surface area is 210 Å². The molecular formula is C29H30N4O3. The van der Waals surface area contributed by atoms with Crippen molar-refractivity contribution in [2.75, 3.05) is 26.7 Å². The van der Waals surface area contributed by atoms with Crippen LogP contribution < -0.4 is 15.6 Å². The molecule has 0 saturated carbocycles. The molecule has 184 valence electrons.